The summed E-state index contributed by atoms with van der Waals surface area (Å²) >= 11 is 5.43. The lowest BCUT2D eigenvalue weighted by molar-refractivity contribution is 0.169. The molecule has 0 spiro atoms. The summed E-state index contributed by atoms with van der Waals surface area (Å²) in [6.07, 6.45) is 1.57. The van der Waals surface area contributed by atoms with Crippen LogP contribution in [0.3, 0.4) is 0 Å². The van der Waals surface area contributed by atoms with Gasteiger partial charge in [-0.25, -0.2) is 7.91 Å². The molecule has 0 N–H and O–H groups in total. The smallest absolute Gasteiger partial charge is 0.296 e. The van der Waals surface area contributed by atoms with Crippen molar-refractivity contribution in [2.75, 3.05) is 18.0 Å². The number of piperidine rings is 1. The van der Waals surface area contributed by atoms with Gasteiger partial charge in [0.1, 0.15) is 6.10 Å². The fourth-order valence-corrected chi connectivity index (χ4v) is 7.95. The highest BCUT2D eigenvalue weighted by Gasteiger charge is 2.25. The second-order valence-electron chi connectivity index (χ2n) is 8.40. The zero-order chi connectivity index (χ0) is 24.9. The van der Waals surface area contributed by atoms with Crippen molar-refractivity contribution in [3.05, 3.63) is 69.2 Å². The molecule has 0 unspecified atom stereocenters. The van der Waals surface area contributed by atoms with Crippen LogP contribution in [0.4, 0.5) is 5.13 Å². The van der Waals surface area contributed by atoms with E-state index in [0.29, 0.717) is 26.2 Å². The molecule has 0 atom stereocenters. The van der Waals surface area contributed by atoms with E-state index in [4.69, 9.17) is 4.74 Å². The van der Waals surface area contributed by atoms with Gasteiger partial charge in [-0.15, -0.1) is 15.3 Å². The normalized spacial score (nSPS) is 14.6. The van der Waals surface area contributed by atoms with Gasteiger partial charge in [-0.1, -0.05) is 40.7 Å². The lowest BCUT2D eigenvalue weighted by Crippen LogP contribution is -2.38. The van der Waals surface area contributed by atoms with Gasteiger partial charge < -0.3 is 9.64 Å². The van der Waals surface area contributed by atoms with Crippen LogP contribution in [0.2, 0.25) is 0 Å². The first-order valence-electron chi connectivity index (χ1n) is 11.5. The van der Waals surface area contributed by atoms with Crippen LogP contribution in [0.25, 0.3) is 30.4 Å². The molecule has 5 heterocycles. The average molecular weight is 568 g/mol. The summed E-state index contributed by atoms with van der Waals surface area (Å²) in [4.78, 5) is 27.6. The summed E-state index contributed by atoms with van der Waals surface area (Å²) in [5.74, 6) is 0. The van der Waals surface area contributed by atoms with Gasteiger partial charge in [0.25, 0.3) is 16.3 Å². The van der Waals surface area contributed by atoms with Crippen molar-refractivity contribution >= 4 is 71.0 Å². The monoisotopic (exact) mass is 567 g/mol. The molecule has 10 nitrogen and oxygen atoms in total. The number of aromatic nitrogens is 6. The van der Waals surface area contributed by atoms with Crippen molar-refractivity contribution in [3.8, 4) is 15.5 Å². The minimum Gasteiger partial charge on any atom is -0.465 e. The Kier molecular flexibility index (Phi) is 5.61. The number of nitrogens with zero attached hydrogens (tertiary/aromatic N) is 7. The first-order chi connectivity index (χ1) is 18.1. The van der Waals surface area contributed by atoms with E-state index in [-0.39, 0.29) is 17.2 Å². The first-order valence-corrected chi connectivity index (χ1v) is 14.6. The summed E-state index contributed by atoms with van der Waals surface area (Å²) < 4.78 is 11.1. The molecule has 1 saturated heterocycles. The number of fused-ring (bicyclic) bond motifs is 2. The molecule has 0 bridgehead atoms. The van der Waals surface area contributed by atoms with Crippen LogP contribution in [-0.4, -0.2) is 47.5 Å². The Labute approximate surface area is 224 Å². The maximum atomic E-state index is 12.7. The van der Waals surface area contributed by atoms with Crippen LogP contribution in [-0.2, 0) is 0 Å². The van der Waals surface area contributed by atoms with Gasteiger partial charge in [-0.2, -0.15) is 0 Å². The summed E-state index contributed by atoms with van der Waals surface area (Å²) in [5, 5.41) is 20.7. The molecule has 37 heavy (non-hydrogen) atoms. The van der Waals surface area contributed by atoms with E-state index in [1.165, 1.54) is 45.7 Å². The van der Waals surface area contributed by atoms with Crippen LogP contribution in [0.5, 0.6) is 5.19 Å². The molecule has 7 rings (SSSR count). The van der Waals surface area contributed by atoms with Crippen molar-refractivity contribution in [1.29, 1.82) is 0 Å². The minimum atomic E-state index is -0.0917. The van der Waals surface area contributed by atoms with E-state index in [0.717, 1.165) is 40.5 Å². The Morgan fingerprint density at radius 1 is 0.703 bits per heavy atom. The zero-order valence-corrected chi connectivity index (χ0v) is 22.3. The molecule has 0 amide bonds. The molecular formula is C23H17N7O3S4. The predicted molar refractivity (Wildman–Crippen MR) is 148 cm³/mol. The lowest BCUT2D eigenvalue weighted by Gasteiger charge is -2.30. The van der Waals surface area contributed by atoms with Gasteiger partial charge in [0.05, 0.1) is 20.2 Å². The molecule has 4 aromatic heterocycles. The predicted octanol–water partition coefficient (Wildman–Crippen LogP) is 4.17. The number of ether oxygens (including phenoxy) is 1. The standard InChI is InChI=1S/C23H17N7O3S4/c31-18-14-5-1-3-7-16(14)36-29(18)21-25-24-20(34-21)28-11-9-13(10-12-28)33-23-27-26-22(35-23)30-19(32)15-6-2-4-8-17(15)37-30/h1-8,13H,9-12H2. The highest BCUT2D eigenvalue weighted by molar-refractivity contribution is 7.20. The van der Waals surface area contributed by atoms with Gasteiger partial charge in [-0.3, -0.25) is 9.59 Å². The van der Waals surface area contributed by atoms with E-state index in [2.05, 4.69) is 25.3 Å². The second-order valence-corrected chi connectivity index (χ2v) is 12.2. The Morgan fingerprint density at radius 3 is 1.86 bits per heavy atom. The summed E-state index contributed by atoms with van der Waals surface area (Å²) in [6, 6.07) is 15.1. The Bertz CT molecular complexity index is 1850. The zero-order valence-electron chi connectivity index (χ0n) is 19.0. The van der Waals surface area contributed by atoms with E-state index < -0.39 is 0 Å². The second kappa shape index (κ2) is 9.13. The summed E-state index contributed by atoms with van der Waals surface area (Å²) in [5.41, 5.74) is -0.157. The van der Waals surface area contributed by atoms with E-state index in [1.807, 2.05) is 48.5 Å². The molecule has 1 fully saturated rings. The van der Waals surface area contributed by atoms with E-state index in [9.17, 15) is 9.59 Å². The fourth-order valence-electron chi connectivity index (χ4n) is 4.25. The van der Waals surface area contributed by atoms with Gasteiger partial charge in [0.2, 0.25) is 15.4 Å². The van der Waals surface area contributed by atoms with Crippen molar-refractivity contribution < 1.29 is 4.74 Å². The molecule has 2 aromatic carbocycles. The van der Waals surface area contributed by atoms with Gasteiger partial charge in [0, 0.05) is 25.9 Å². The Morgan fingerprint density at radius 2 is 1.24 bits per heavy atom. The summed E-state index contributed by atoms with van der Waals surface area (Å²) in [6.45, 7) is 1.50. The highest BCUT2D eigenvalue weighted by Crippen LogP contribution is 2.31. The van der Waals surface area contributed by atoms with Crippen molar-refractivity contribution in [3.63, 3.8) is 0 Å². The number of rotatable bonds is 5. The van der Waals surface area contributed by atoms with Crippen LogP contribution in [0.1, 0.15) is 12.8 Å². The third-order valence-corrected chi connectivity index (χ3v) is 10.3. The van der Waals surface area contributed by atoms with E-state index >= 15 is 0 Å². The van der Waals surface area contributed by atoms with E-state index in [1.54, 1.807) is 7.91 Å². The van der Waals surface area contributed by atoms with Crippen LogP contribution in [0, 0.1) is 0 Å². The first kappa shape index (κ1) is 22.7. The Balaban J connectivity index is 1.02. The minimum absolute atomic E-state index is 0.00575. The molecule has 6 aromatic rings. The Hall–Kier alpha value is -3.46. The highest BCUT2D eigenvalue weighted by atomic mass is 32.1. The molecule has 186 valence electrons. The molecule has 0 saturated carbocycles. The molecule has 1 aliphatic rings. The number of hydrogen-bond acceptors (Lipinski definition) is 12. The van der Waals surface area contributed by atoms with Crippen LogP contribution >= 0.6 is 45.7 Å². The fraction of sp³-hybridized carbons (Fsp3) is 0.217. The molecule has 0 aliphatic carbocycles. The molecule has 14 heteroatoms. The van der Waals surface area contributed by atoms with Crippen LogP contribution < -0.4 is 20.8 Å². The maximum absolute atomic E-state index is 12.7. The maximum Gasteiger partial charge on any atom is 0.296 e. The molecular weight excluding hydrogens is 551 g/mol. The largest absolute Gasteiger partial charge is 0.465 e. The van der Waals surface area contributed by atoms with Crippen molar-refractivity contribution in [2.45, 2.75) is 18.9 Å². The third-order valence-electron chi connectivity index (χ3n) is 6.11. The molecule has 1 aliphatic heterocycles. The SMILES string of the molecule is O=c1c2ccccc2sn1-c1nnc(OC2CCN(c3nnc(-n4sc5ccccc5c4=O)s3)CC2)s1. The van der Waals surface area contributed by atoms with Crippen molar-refractivity contribution in [1.82, 2.24) is 28.3 Å². The lowest BCUT2D eigenvalue weighted by atomic mass is 10.1. The summed E-state index contributed by atoms with van der Waals surface area (Å²) in [7, 11) is 0. The van der Waals surface area contributed by atoms with Gasteiger partial charge in [0.15, 0.2) is 0 Å². The molecule has 0 radical (unpaired) electrons. The van der Waals surface area contributed by atoms with Gasteiger partial charge >= 0.3 is 0 Å². The average Bonchev–Trinajstić information content (AvgIpc) is 3.72. The number of anilines is 1. The topological polar surface area (TPSA) is 108 Å². The number of hydrogen-bond donors (Lipinski definition) is 0. The third kappa shape index (κ3) is 4.05. The van der Waals surface area contributed by atoms with Gasteiger partial charge in [-0.05, 0) is 58.7 Å². The quantitative estimate of drug-likeness (QED) is 0.306. The number of benzene rings is 2. The van der Waals surface area contributed by atoms with Crippen molar-refractivity contribution in [2.24, 2.45) is 0 Å². The van der Waals surface area contributed by atoms with Crippen LogP contribution in [0.15, 0.2) is 58.1 Å².